The van der Waals surface area contributed by atoms with Crippen molar-refractivity contribution in [3.63, 3.8) is 0 Å². The summed E-state index contributed by atoms with van der Waals surface area (Å²) in [7, 11) is 0. The molecular weight excluding hydrogens is 396 g/mol. The summed E-state index contributed by atoms with van der Waals surface area (Å²) in [5.41, 5.74) is 1.65. The highest BCUT2D eigenvalue weighted by Gasteiger charge is 2.17. The molecule has 3 heterocycles. The molecule has 1 aliphatic heterocycles. The van der Waals surface area contributed by atoms with Gasteiger partial charge < -0.3 is 19.7 Å². The van der Waals surface area contributed by atoms with Gasteiger partial charge in [-0.25, -0.2) is 0 Å². The monoisotopic (exact) mass is 424 g/mol. The molecule has 0 unspecified atom stereocenters. The van der Waals surface area contributed by atoms with E-state index in [9.17, 15) is 4.79 Å². The molecular formula is C22H28N6O3. The molecule has 0 fully saturated rings. The average molecular weight is 425 g/mol. The lowest BCUT2D eigenvalue weighted by Crippen LogP contribution is -2.27. The first-order valence-electron chi connectivity index (χ1n) is 10.7. The Kier molecular flexibility index (Phi) is 6.20. The summed E-state index contributed by atoms with van der Waals surface area (Å²) in [5.74, 6) is 2.94. The minimum absolute atomic E-state index is 0.0564. The van der Waals surface area contributed by atoms with Crippen LogP contribution >= 0.6 is 0 Å². The van der Waals surface area contributed by atoms with E-state index in [0.717, 1.165) is 36.0 Å². The summed E-state index contributed by atoms with van der Waals surface area (Å²) in [6, 6.07) is 9.45. The van der Waals surface area contributed by atoms with E-state index in [1.807, 2.05) is 37.3 Å². The number of carbonyl (C=O) groups is 1. The van der Waals surface area contributed by atoms with Gasteiger partial charge in [0.25, 0.3) is 0 Å². The van der Waals surface area contributed by atoms with E-state index >= 15 is 0 Å². The van der Waals surface area contributed by atoms with Crippen LogP contribution in [-0.4, -0.2) is 52.0 Å². The average Bonchev–Trinajstić information content (AvgIpc) is 3.20. The summed E-state index contributed by atoms with van der Waals surface area (Å²) < 4.78 is 12.9. The Morgan fingerprint density at radius 1 is 1.13 bits per heavy atom. The van der Waals surface area contributed by atoms with E-state index in [-0.39, 0.29) is 11.9 Å². The molecule has 164 valence electrons. The van der Waals surface area contributed by atoms with Crippen molar-refractivity contribution in [3.8, 4) is 11.5 Å². The lowest BCUT2D eigenvalue weighted by molar-refractivity contribution is -0.121. The van der Waals surface area contributed by atoms with Crippen molar-refractivity contribution >= 4 is 17.4 Å². The first kappa shape index (κ1) is 20.9. The minimum Gasteiger partial charge on any atom is -0.486 e. The zero-order valence-electron chi connectivity index (χ0n) is 18.2. The fourth-order valence-electron chi connectivity index (χ4n) is 3.65. The quantitative estimate of drug-likeness (QED) is 0.594. The maximum Gasteiger partial charge on any atom is 0.220 e. The molecule has 0 spiro atoms. The number of nitrogens with one attached hydrogen (secondary N) is 1. The van der Waals surface area contributed by atoms with Crippen LogP contribution in [0.5, 0.6) is 11.5 Å². The fraction of sp³-hybridized carbons (Fsp3) is 0.455. The molecule has 9 heteroatoms. The molecule has 1 aliphatic rings. The van der Waals surface area contributed by atoms with Crippen molar-refractivity contribution in [3.05, 3.63) is 41.7 Å². The molecule has 0 saturated heterocycles. The first-order chi connectivity index (χ1) is 15.1. The number of aromatic nitrogens is 4. The van der Waals surface area contributed by atoms with Gasteiger partial charge in [-0.3, -0.25) is 4.79 Å². The van der Waals surface area contributed by atoms with Crippen molar-refractivity contribution in [1.29, 1.82) is 0 Å². The van der Waals surface area contributed by atoms with Gasteiger partial charge in [0.2, 0.25) is 5.91 Å². The van der Waals surface area contributed by atoms with Crippen LogP contribution in [-0.2, 0) is 11.2 Å². The molecule has 0 radical (unpaired) electrons. The number of amides is 1. The van der Waals surface area contributed by atoms with Gasteiger partial charge in [0.05, 0.1) is 6.04 Å². The number of hydrogen-bond donors (Lipinski definition) is 1. The summed E-state index contributed by atoms with van der Waals surface area (Å²) in [5, 5.41) is 16.1. The normalized spacial score (nSPS) is 13.8. The van der Waals surface area contributed by atoms with Gasteiger partial charge in [0.1, 0.15) is 19.0 Å². The van der Waals surface area contributed by atoms with Crippen LogP contribution in [0.3, 0.4) is 0 Å². The van der Waals surface area contributed by atoms with E-state index in [4.69, 9.17) is 9.47 Å². The second-order valence-corrected chi connectivity index (χ2v) is 7.44. The molecule has 31 heavy (non-hydrogen) atoms. The third-order valence-corrected chi connectivity index (χ3v) is 5.42. The van der Waals surface area contributed by atoms with Gasteiger partial charge in [0, 0.05) is 25.9 Å². The Morgan fingerprint density at radius 2 is 1.90 bits per heavy atom. The van der Waals surface area contributed by atoms with E-state index in [1.165, 1.54) is 0 Å². The third kappa shape index (κ3) is 4.55. The number of benzene rings is 1. The molecule has 3 aromatic rings. The maximum absolute atomic E-state index is 12.6. The number of rotatable bonds is 8. The van der Waals surface area contributed by atoms with E-state index < -0.39 is 0 Å². The molecule has 1 atom stereocenters. The van der Waals surface area contributed by atoms with Crippen LogP contribution in [0.1, 0.15) is 44.6 Å². The highest BCUT2D eigenvalue weighted by Crippen LogP contribution is 2.32. The van der Waals surface area contributed by atoms with Crippen LogP contribution < -0.4 is 19.7 Å². The highest BCUT2D eigenvalue weighted by atomic mass is 16.6. The summed E-state index contributed by atoms with van der Waals surface area (Å²) in [6.07, 6.45) is 0.752. The predicted octanol–water partition coefficient (Wildman–Crippen LogP) is 2.55. The Balaban J connectivity index is 1.39. The molecule has 0 saturated carbocycles. The molecule has 1 amide bonds. The van der Waals surface area contributed by atoms with Crippen molar-refractivity contribution in [2.75, 3.05) is 31.2 Å². The number of ether oxygens (including phenoxy) is 2. The van der Waals surface area contributed by atoms with Crippen molar-refractivity contribution in [2.45, 2.75) is 39.7 Å². The summed E-state index contributed by atoms with van der Waals surface area (Å²) >= 11 is 0. The van der Waals surface area contributed by atoms with Gasteiger partial charge >= 0.3 is 0 Å². The van der Waals surface area contributed by atoms with Crippen molar-refractivity contribution in [1.82, 2.24) is 25.1 Å². The van der Waals surface area contributed by atoms with Gasteiger partial charge in [-0.2, -0.15) is 4.52 Å². The molecule has 0 bridgehead atoms. The van der Waals surface area contributed by atoms with E-state index in [0.29, 0.717) is 37.5 Å². The first-order valence-corrected chi connectivity index (χ1v) is 10.7. The lowest BCUT2D eigenvalue weighted by Gasteiger charge is -2.21. The Labute approximate surface area is 181 Å². The van der Waals surface area contributed by atoms with Crippen LogP contribution in [0, 0.1) is 0 Å². The molecule has 2 aromatic heterocycles. The summed E-state index contributed by atoms with van der Waals surface area (Å²) in [4.78, 5) is 14.7. The Hall–Kier alpha value is -3.36. The zero-order chi connectivity index (χ0) is 21.8. The molecule has 0 aliphatic carbocycles. The summed E-state index contributed by atoms with van der Waals surface area (Å²) in [6.45, 7) is 8.97. The van der Waals surface area contributed by atoms with Crippen LogP contribution in [0.15, 0.2) is 30.3 Å². The number of aryl methyl sites for hydroxylation is 1. The lowest BCUT2D eigenvalue weighted by atomic mass is 10.1. The second-order valence-electron chi connectivity index (χ2n) is 7.44. The Morgan fingerprint density at radius 3 is 2.68 bits per heavy atom. The maximum atomic E-state index is 12.6. The Bertz CT molecular complexity index is 1060. The number of fused-ring (bicyclic) bond motifs is 2. The van der Waals surface area contributed by atoms with Gasteiger partial charge in [-0.15, -0.1) is 15.3 Å². The number of hydrogen-bond acceptors (Lipinski definition) is 7. The number of carbonyl (C=O) groups excluding carboxylic acids is 1. The van der Waals surface area contributed by atoms with Crippen LogP contribution in [0.4, 0.5) is 5.82 Å². The molecule has 1 N–H and O–H groups in total. The highest BCUT2D eigenvalue weighted by molar-refractivity contribution is 5.76. The fourth-order valence-corrected chi connectivity index (χ4v) is 3.65. The number of nitrogens with zero attached hydrogens (tertiary/aromatic N) is 5. The smallest absolute Gasteiger partial charge is 0.220 e. The van der Waals surface area contributed by atoms with Crippen molar-refractivity contribution in [2.24, 2.45) is 0 Å². The molecule has 1 aromatic carbocycles. The van der Waals surface area contributed by atoms with E-state index in [2.05, 4.69) is 39.4 Å². The van der Waals surface area contributed by atoms with Gasteiger partial charge in [-0.05, 0) is 50.6 Å². The predicted molar refractivity (Wildman–Crippen MR) is 117 cm³/mol. The largest absolute Gasteiger partial charge is 0.486 e. The number of anilines is 1. The van der Waals surface area contributed by atoms with Gasteiger partial charge in [0.15, 0.2) is 23.0 Å². The van der Waals surface area contributed by atoms with Crippen LogP contribution in [0.2, 0.25) is 0 Å². The zero-order valence-corrected chi connectivity index (χ0v) is 18.2. The SMILES string of the molecule is CCN(CC)c1ccc2nnc(CCC(=O)N[C@H](C)c3ccc4c(c3)OCCO4)n2n1. The van der Waals surface area contributed by atoms with Crippen molar-refractivity contribution < 1.29 is 14.3 Å². The molecule has 4 rings (SSSR count). The standard InChI is InChI=1S/C22H28N6O3/c1-4-27(5-2)21-9-8-19-24-25-20(28(19)26-21)10-11-22(29)23-15(3)16-6-7-17-18(14-16)31-13-12-30-17/h6-9,14-15H,4-5,10-13H2,1-3H3,(H,23,29)/t15-/m1/s1. The van der Waals surface area contributed by atoms with Gasteiger partial charge in [-0.1, -0.05) is 6.07 Å². The molecule has 9 nitrogen and oxygen atoms in total. The minimum atomic E-state index is -0.147. The topological polar surface area (TPSA) is 93.9 Å². The third-order valence-electron chi connectivity index (χ3n) is 5.42. The second kappa shape index (κ2) is 9.20. The van der Waals surface area contributed by atoms with E-state index in [1.54, 1.807) is 4.52 Å². The van der Waals surface area contributed by atoms with Crippen LogP contribution in [0.25, 0.3) is 5.65 Å².